The van der Waals surface area contributed by atoms with Crippen molar-refractivity contribution in [2.45, 2.75) is 75.7 Å². The van der Waals surface area contributed by atoms with E-state index in [2.05, 4.69) is 81.4 Å². The van der Waals surface area contributed by atoms with Gasteiger partial charge in [0.1, 0.15) is 0 Å². The minimum absolute atomic E-state index is 1.07. The Morgan fingerprint density at radius 3 is 1.52 bits per heavy atom. The molecule has 0 heteroatoms. The average molecular weight is 383 g/mol. The van der Waals surface area contributed by atoms with E-state index in [4.69, 9.17) is 0 Å². The van der Waals surface area contributed by atoms with Crippen LogP contribution in [0.3, 0.4) is 0 Å². The van der Waals surface area contributed by atoms with Crippen LogP contribution in [0.1, 0.15) is 62.6 Å². The Bertz CT molecular complexity index is 1350. The van der Waals surface area contributed by atoms with E-state index in [0.717, 1.165) is 6.42 Å². The van der Waals surface area contributed by atoms with Gasteiger partial charge in [0, 0.05) is 0 Å². The van der Waals surface area contributed by atoms with Crippen LogP contribution >= 0.6 is 0 Å². The SMILES string of the molecule is CCc1c(C)c2c3c(C)c(C)c(C)cc3cc(C)c2c2c(C)c(C)c(C)c(C)c12. The molecule has 0 unspecified atom stereocenters. The third-order valence-electron chi connectivity index (χ3n) is 7.88. The molecule has 0 aliphatic rings. The van der Waals surface area contributed by atoms with Crippen molar-refractivity contribution in [3.8, 4) is 0 Å². The second-order valence-electron chi connectivity index (χ2n) is 9.19. The molecule has 4 rings (SSSR count). The highest BCUT2D eigenvalue weighted by Crippen LogP contribution is 2.44. The van der Waals surface area contributed by atoms with Crippen molar-refractivity contribution in [3.63, 3.8) is 0 Å². The fraction of sp³-hybridized carbons (Fsp3) is 0.379. The van der Waals surface area contributed by atoms with Gasteiger partial charge in [-0.1, -0.05) is 19.1 Å². The molecule has 0 atom stereocenters. The van der Waals surface area contributed by atoms with Crippen molar-refractivity contribution < 1.29 is 0 Å². The van der Waals surface area contributed by atoms with Gasteiger partial charge in [-0.25, -0.2) is 0 Å². The van der Waals surface area contributed by atoms with Crippen LogP contribution in [-0.2, 0) is 6.42 Å². The predicted octanol–water partition coefficient (Wildman–Crippen LogP) is 8.48. The maximum atomic E-state index is 2.42. The Labute approximate surface area is 175 Å². The molecule has 4 aromatic carbocycles. The zero-order chi connectivity index (χ0) is 21.4. The van der Waals surface area contributed by atoms with Crippen molar-refractivity contribution in [3.05, 3.63) is 67.8 Å². The summed E-state index contributed by atoms with van der Waals surface area (Å²) in [6.45, 7) is 23.0. The normalized spacial score (nSPS) is 11.9. The fourth-order valence-corrected chi connectivity index (χ4v) is 5.67. The number of hydrogen-bond acceptors (Lipinski definition) is 0. The molecule has 0 aliphatic heterocycles. The third kappa shape index (κ3) is 2.51. The van der Waals surface area contributed by atoms with E-state index in [-0.39, 0.29) is 0 Å². The topological polar surface area (TPSA) is 0 Å². The van der Waals surface area contributed by atoms with Crippen LogP contribution in [-0.4, -0.2) is 0 Å². The molecule has 0 radical (unpaired) electrons. The Balaban J connectivity index is 2.50. The molecular formula is C29H34. The summed E-state index contributed by atoms with van der Waals surface area (Å²) in [7, 11) is 0. The third-order valence-corrected chi connectivity index (χ3v) is 7.88. The van der Waals surface area contributed by atoms with Crippen molar-refractivity contribution in [1.82, 2.24) is 0 Å². The lowest BCUT2D eigenvalue weighted by molar-refractivity contribution is 1.13. The highest BCUT2D eigenvalue weighted by Gasteiger charge is 2.21. The number of benzene rings is 4. The van der Waals surface area contributed by atoms with Gasteiger partial charge in [0.25, 0.3) is 0 Å². The Morgan fingerprint density at radius 1 is 0.448 bits per heavy atom. The summed E-state index contributed by atoms with van der Waals surface area (Å²) in [4.78, 5) is 0. The van der Waals surface area contributed by atoms with Crippen LogP contribution in [0.4, 0.5) is 0 Å². The molecule has 0 saturated carbocycles. The molecule has 0 spiro atoms. The molecule has 4 aromatic rings. The van der Waals surface area contributed by atoms with Gasteiger partial charge in [-0.15, -0.1) is 0 Å². The largest absolute Gasteiger partial charge is 0.0613 e. The first-order chi connectivity index (χ1) is 13.6. The van der Waals surface area contributed by atoms with Gasteiger partial charge >= 0.3 is 0 Å². The lowest BCUT2D eigenvalue weighted by atomic mass is 9.80. The van der Waals surface area contributed by atoms with E-state index in [1.165, 1.54) is 88.0 Å². The molecule has 29 heavy (non-hydrogen) atoms. The second kappa shape index (κ2) is 6.59. The van der Waals surface area contributed by atoms with Crippen molar-refractivity contribution in [2.75, 3.05) is 0 Å². The maximum Gasteiger partial charge on any atom is -0.00614 e. The summed E-state index contributed by atoms with van der Waals surface area (Å²) in [6.07, 6.45) is 1.07. The van der Waals surface area contributed by atoms with Crippen LogP contribution in [0.25, 0.3) is 32.3 Å². The lowest BCUT2D eigenvalue weighted by Gasteiger charge is -2.24. The van der Waals surface area contributed by atoms with E-state index in [1.807, 2.05) is 0 Å². The van der Waals surface area contributed by atoms with Gasteiger partial charge in [0.2, 0.25) is 0 Å². The Hall–Kier alpha value is -2.34. The van der Waals surface area contributed by atoms with Gasteiger partial charge in [0.15, 0.2) is 0 Å². The second-order valence-corrected chi connectivity index (χ2v) is 9.19. The summed E-state index contributed by atoms with van der Waals surface area (Å²) < 4.78 is 0. The number of aryl methyl sites for hydroxylation is 7. The van der Waals surface area contributed by atoms with Gasteiger partial charge in [0.05, 0.1) is 0 Å². The minimum Gasteiger partial charge on any atom is -0.0613 e. The van der Waals surface area contributed by atoms with Crippen LogP contribution < -0.4 is 0 Å². The van der Waals surface area contributed by atoms with Crippen molar-refractivity contribution >= 4 is 32.3 Å². The first kappa shape index (κ1) is 20.0. The van der Waals surface area contributed by atoms with Gasteiger partial charge in [-0.2, -0.15) is 0 Å². The summed E-state index contributed by atoms with van der Waals surface area (Å²) in [5.41, 5.74) is 14.5. The fourth-order valence-electron chi connectivity index (χ4n) is 5.67. The molecule has 0 aliphatic carbocycles. The van der Waals surface area contributed by atoms with E-state index in [1.54, 1.807) is 0 Å². The number of hydrogen-bond donors (Lipinski definition) is 0. The average Bonchev–Trinajstić information content (AvgIpc) is 2.68. The summed E-state index contributed by atoms with van der Waals surface area (Å²) in [6, 6.07) is 4.81. The monoisotopic (exact) mass is 382 g/mol. The minimum atomic E-state index is 1.07. The molecule has 0 amide bonds. The van der Waals surface area contributed by atoms with Gasteiger partial charge in [-0.05, 0) is 157 Å². The highest BCUT2D eigenvalue weighted by molar-refractivity contribution is 6.23. The molecule has 0 bridgehead atoms. The van der Waals surface area contributed by atoms with Crippen LogP contribution in [0.15, 0.2) is 12.1 Å². The van der Waals surface area contributed by atoms with Crippen LogP contribution in [0.5, 0.6) is 0 Å². The van der Waals surface area contributed by atoms with E-state index in [0.29, 0.717) is 0 Å². The molecule has 0 saturated heterocycles. The van der Waals surface area contributed by atoms with Crippen molar-refractivity contribution in [2.24, 2.45) is 0 Å². The number of rotatable bonds is 1. The molecule has 0 aromatic heterocycles. The Morgan fingerprint density at radius 2 is 0.931 bits per heavy atom. The molecule has 150 valence electrons. The van der Waals surface area contributed by atoms with E-state index >= 15 is 0 Å². The van der Waals surface area contributed by atoms with Gasteiger partial charge in [-0.3, -0.25) is 0 Å². The zero-order valence-electron chi connectivity index (χ0n) is 19.9. The lowest BCUT2D eigenvalue weighted by Crippen LogP contribution is -2.03. The molecular weight excluding hydrogens is 348 g/mol. The molecule has 0 nitrogen and oxygen atoms in total. The summed E-state index contributed by atoms with van der Waals surface area (Å²) in [5, 5.41) is 8.78. The Kier molecular flexibility index (Phi) is 4.53. The first-order valence-electron chi connectivity index (χ1n) is 11.0. The maximum absolute atomic E-state index is 2.42. The van der Waals surface area contributed by atoms with Crippen LogP contribution in [0.2, 0.25) is 0 Å². The predicted molar refractivity (Wildman–Crippen MR) is 131 cm³/mol. The summed E-state index contributed by atoms with van der Waals surface area (Å²) >= 11 is 0. The smallest absolute Gasteiger partial charge is 0.00614 e. The standard InChI is InChI=1S/C29H34/c1-11-24-22(10)29-25(28-21(9)18(6)17(5)20(8)27(24)28)15(3)13-23-12-14(2)16(4)19(7)26(23)29/h12-13H,11H2,1-10H3. The van der Waals surface area contributed by atoms with Crippen molar-refractivity contribution in [1.29, 1.82) is 0 Å². The zero-order valence-corrected chi connectivity index (χ0v) is 19.9. The summed E-state index contributed by atoms with van der Waals surface area (Å²) in [5.74, 6) is 0. The molecule has 0 heterocycles. The number of fused-ring (bicyclic) bond motifs is 5. The van der Waals surface area contributed by atoms with Gasteiger partial charge < -0.3 is 0 Å². The van der Waals surface area contributed by atoms with E-state index < -0.39 is 0 Å². The highest BCUT2D eigenvalue weighted by atomic mass is 14.2. The first-order valence-corrected chi connectivity index (χ1v) is 11.0. The quantitative estimate of drug-likeness (QED) is 0.289. The molecule has 0 N–H and O–H groups in total. The molecule has 0 fully saturated rings. The van der Waals surface area contributed by atoms with E-state index in [9.17, 15) is 0 Å². The van der Waals surface area contributed by atoms with Crippen LogP contribution in [0, 0.1) is 62.3 Å².